The number of halogens is 4. The number of pyridine rings is 2. The number of alkyl halides is 4. The first-order valence-electron chi connectivity index (χ1n) is 19.1. The molecule has 2 aliphatic carbocycles. The Hall–Kier alpha value is -3.99. The quantitative estimate of drug-likeness (QED) is 0.142. The molecule has 4 unspecified atom stereocenters. The molecule has 2 aromatic heterocycles. The molecule has 4 aliphatic rings. The third-order valence-electron chi connectivity index (χ3n) is 11.2. The van der Waals surface area contributed by atoms with E-state index in [4.69, 9.17) is 10.5 Å². The number of piperidine rings is 2. The molecule has 7 nitrogen and oxygen atoms in total. The maximum atomic E-state index is 13.5. The Labute approximate surface area is 316 Å². The van der Waals surface area contributed by atoms with Gasteiger partial charge in [0.2, 0.25) is 0 Å². The maximum Gasteiger partial charge on any atom is 0.306 e. The molecule has 2 saturated carbocycles. The van der Waals surface area contributed by atoms with Gasteiger partial charge in [0.1, 0.15) is 5.60 Å². The van der Waals surface area contributed by atoms with Crippen molar-refractivity contribution < 1.29 is 27.1 Å². The van der Waals surface area contributed by atoms with E-state index in [1.54, 1.807) is 24.5 Å². The molecule has 0 radical (unpaired) electrons. The monoisotopic (exact) mass is 749 g/mol. The van der Waals surface area contributed by atoms with Gasteiger partial charge in [-0.2, -0.15) is 0 Å². The molecular weight excluding hydrogens is 694 g/mol. The average molecular weight is 750 g/mol. The van der Waals surface area contributed by atoms with Crippen molar-refractivity contribution in [3.05, 3.63) is 72.1 Å². The first-order valence-corrected chi connectivity index (χ1v) is 19.1. The standard InChI is InChI=1S/C24H30F2N2O2.C18H21F2N3.CH4/c1-24(2,3)30-21(29)12-15-11-17(16-6-7-16)14-28(13-15)20-9-8-19(23(25)26)22-18(20)5-4-10-27-22;19-18(20)15-5-6-16(14-2-1-7-22-17(14)15)23-9-12(11-3-4-11)8-13(21)10-23;/h4-5,8-10,15-17,23H,6-7,11-14H2,1-3H3;1-2,5-7,11-13,18H,3-4,8-10,21H2;1H4. The van der Waals surface area contributed by atoms with Crippen molar-refractivity contribution in [2.75, 3.05) is 36.0 Å². The number of nitrogens with zero attached hydrogens (tertiary/aromatic N) is 4. The van der Waals surface area contributed by atoms with E-state index in [1.807, 2.05) is 45.0 Å². The molecule has 292 valence electrons. The van der Waals surface area contributed by atoms with E-state index >= 15 is 0 Å². The molecule has 0 bridgehead atoms. The second-order valence-electron chi connectivity index (χ2n) is 16.6. The highest BCUT2D eigenvalue weighted by Crippen LogP contribution is 2.45. The summed E-state index contributed by atoms with van der Waals surface area (Å²) in [5.41, 5.74) is 8.43. The fourth-order valence-electron chi connectivity index (χ4n) is 8.67. The number of nitrogens with two attached hydrogens (primary N) is 1. The van der Waals surface area contributed by atoms with Gasteiger partial charge in [-0.05, 0) is 137 Å². The van der Waals surface area contributed by atoms with Gasteiger partial charge >= 0.3 is 5.97 Å². The number of esters is 1. The van der Waals surface area contributed by atoms with E-state index in [-0.39, 0.29) is 36.5 Å². The van der Waals surface area contributed by atoms with Crippen molar-refractivity contribution in [2.24, 2.45) is 35.3 Å². The lowest BCUT2D eigenvalue weighted by Crippen LogP contribution is -2.47. The maximum absolute atomic E-state index is 13.5. The number of carbonyl (C=O) groups excluding carboxylic acids is 1. The minimum Gasteiger partial charge on any atom is -0.460 e. The van der Waals surface area contributed by atoms with Gasteiger partial charge in [-0.3, -0.25) is 14.8 Å². The van der Waals surface area contributed by atoms with Crippen LogP contribution in [0.15, 0.2) is 60.9 Å². The topological polar surface area (TPSA) is 84.6 Å². The number of aromatic nitrogens is 2. The molecule has 2 saturated heterocycles. The van der Waals surface area contributed by atoms with E-state index in [0.717, 1.165) is 67.1 Å². The summed E-state index contributed by atoms with van der Waals surface area (Å²) in [7, 11) is 0. The molecule has 4 aromatic rings. The van der Waals surface area contributed by atoms with Gasteiger partial charge in [-0.25, -0.2) is 17.6 Å². The van der Waals surface area contributed by atoms with Gasteiger partial charge in [-0.1, -0.05) is 7.43 Å². The fraction of sp³-hybridized carbons (Fsp3) is 0.558. The summed E-state index contributed by atoms with van der Waals surface area (Å²) >= 11 is 0. The Bertz CT molecular complexity index is 1910. The lowest BCUT2D eigenvalue weighted by molar-refractivity contribution is -0.156. The number of anilines is 2. The van der Waals surface area contributed by atoms with E-state index < -0.39 is 18.5 Å². The largest absolute Gasteiger partial charge is 0.460 e. The van der Waals surface area contributed by atoms with Gasteiger partial charge in [-0.15, -0.1) is 0 Å². The normalized spacial score (nSPS) is 23.3. The van der Waals surface area contributed by atoms with Crippen LogP contribution in [0.2, 0.25) is 0 Å². The Kier molecular flexibility index (Phi) is 12.1. The van der Waals surface area contributed by atoms with E-state index in [1.165, 1.54) is 37.8 Å². The van der Waals surface area contributed by atoms with Crippen LogP contribution in [-0.4, -0.2) is 53.8 Å². The van der Waals surface area contributed by atoms with E-state index in [0.29, 0.717) is 35.2 Å². The summed E-state index contributed by atoms with van der Waals surface area (Å²) in [6.45, 7) is 9.02. The highest BCUT2D eigenvalue weighted by molar-refractivity contribution is 5.95. The van der Waals surface area contributed by atoms with Crippen LogP contribution in [0.1, 0.15) is 97.1 Å². The van der Waals surface area contributed by atoms with Gasteiger partial charge < -0.3 is 20.3 Å². The predicted octanol–water partition coefficient (Wildman–Crippen LogP) is 10.1. The average Bonchev–Trinajstić information content (AvgIpc) is 4.04. The highest BCUT2D eigenvalue weighted by atomic mass is 19.3. The molecule has 0 amide bonds. The zero-order valence-electron chi connectivity index (χ0n) is 30.9. The first kappa shape index (κ1) is 39.7. The lowest BCUT2D eigenvalue weighted by atomic mass is 9.84. The minimum atomic E-state index is -2.56. The number of carbonyl (C=O) groups is 1. The Morgan fingerprint density at radius 3 is 1.69 bits per heavy atom. The van der Waals surface area contributed by atoms with Crippen molar-refractivity contribution in [1.82, 2.24) is 9.97 Å². The zero-order chi connectivity index (χ0) is 37.4. The first-order chi connectivity index (χ1) is 25.3. The van der Waals surface area contributed by atoms with Crippen molar-refractivity contribution >= 4 is 39.1 Å². The van der Waals surface area contributed by atoms with Crippen molar-refractivity contribution in [3.8, 4) is 0 Å². The summed E-state index contributed by atoms with van der Waals surface area (Å²) in [6, 6.07) is 14.1. The predicted molar refractivity (Wildman–Crippen MR) is 208 cm³/mol. The summed E-state index contributed by atoms with van der Waals surface area (Å²) < 4.78 is 59.0. The molecule has 11 heteroatoms. The highest BCUT2D eigenvalue weighted by Gasteiger charge is 2.39. The number of rotatable bonds is 8. The fourth-order valence-corrected chi connectivity index (χ4v) is 8.67. The minimum absolute atomic E-state index is 0. The van der Waals surface area contributed by atoms with Crippen molar-refractivity contribution in [1.29, 1.82) is 0 Å². The lowest BCUT2D eigenvalue weighted by Gasteiger charge is -2.40. The third kappa shape index (κ3) is 9.27. The molecule has 8 rings (SSSR count). The van der Waals surface area contributed by atoms with E-state index in [2.05, 4.69) is 19.8 Å². The van der Waals surface area contributed by atoms with Crippen molar-refractivity contribution in [2.45, 2.75) is 97.6 Å². The van der Waals surface area contributed by atoms with Crippen LogP contribution in [0.25, 0.3) is 21.8 Å². The Morgan fingerprint density at radius 1 is 0.741 bits per heavy atom. The Balaban J connectivity index is 0.000000187. The SMILES string of the molecule is C.CC(C)(C)OC(=O)CC1CC(C2CC2)CN(c2ccc(C(F)F)c3ncccc23)C1.NC1CC(C2CC2)CN(c2ccc(C(F)F)c3ncccc23)C1. The summed E-state index contributed by atoms with van der Waals surface area (Å²) in [4.78, 5) is 25.5. The Morgan fingerprint density at radius 2 is 1.22 bits per heavy atom. The summed E-state index contributed by atoms with van der Waals surface area (Å²) in [6.07, 6.45) is 5.64. The van der Waals surface area contributed by atoms with Gasteiger partial charge in [0.15, 0.2) is 0 Å². The van der Waals surface area contributed by atoms with Gasteiger partial charge in [0.05, 0.1) is 17.5 Å². The number of benzene rings is 2. The molecule has 4 fully saturated rings. The second-order valence-corrected chi connectivity index (χ2v) is 16.6. The van der Waals surface area contributed by atoms with Gasteiger partial charge in [0, 0.05) is 77.9 Å². The van der Waals surface area contributed by atoms with Crippen LogP contribution in [0.4, 0.5) is 28.9 Å². The van der Waals surface area contributed by atoms with Crippen LogP contribution < -0.4 is 15.5 Å². The molecule has 54 heavy (non-hydrogen) atoms. The van der Waals surface area contributed by atoms with Crippen LogP contribution >= 0.6 is 0 Å². The van der Waals surface area contributed by atoms with Gasteiger partial charge in [0.25, 0.3) is 12.9 Å². The number of hydrogen-bond acceptors (Lipinski definition) is 7. The smallest absolute Gasteiger partial charge is 0.306 e. The van der Waals surface area contributed by atoms with Crippen molar-refractivity contribution in [3.63, 3.8) is 0 Å². The molecule has 2 N–H and O–H groups in total. The number of ether oxygens (including phenoxy) is 1. The molecule has 2 aromatic carbocycles. The second kappa shape index (κ2) is 16.4. The van der Waals surface area contributed by atoms with Crippen LogP contribution in [0.3, 0.4) is 0 Å². The molecule has 0 spiro atoms. The van der Waals surface area contributed by atoms with Crippen LogP contribution in [0, 0.1) is 29.6 Å². The molecule has 4 heterocycles. The van der Waals surface area contributed by atoms with Crippen LogP contribution in [-0.2, 0) is 9.53 Å². The van der Waals surface area contributed by atoms with E-state index in [9.17, 15) is 22.4 Å². The number of fused-ring (bicyclic) bond motifs is 2. The zero-order valence-corrected chi connectivity index (χ0v) is 30.9. The summed E-state index contributed by atoms with van der Waals surface area (Å²) in [5.74, 6) is 2.68. The molecule has 4 atom stereocenters. The van der Waals surface area contributed by atoms with Crippen LogP contribution in [0.5, 0.6) is 0 Å². The molecular formula is C43H55F4N5O2. The number of hydrogen-bond donors (Lipinski definition) is 1. The summed E-state index contributed by atoms with van der Waals surface area (Å²) in [5, 5.41) is 1.55. The molecule has 2 aliphatic heterocycles. The third-order valence-corrected chi connectivity index (χ3v) is 11.2.